The Balaban J connectivity index is 1.93. The Bertz CT molecular complexity index is 322. The average Bonchev–Trinajstić information content (AvgIpc) is 2.92. The van der Waals surface area contributed by atoms with E-state index in [4.69, 9.17) is 5.26 Å². The predicted molar refractivity (Wildman–Crippen MR) is 86.7 cm³/mol. The highest BCUT2D eigenvalue weighted by Gasteiger charge is 2.27. The van der Waals surface area contributed by atoms with Gasteiger partial charge in [-0.05, 0) is 25.7 Å². The summed E-state index contributed by atoms with van der Waals surface area (Å²) in [5.41, 5.74) is 0. The number of nitrogens with zero attached hydrogens (tertiary/aromatic N) is 1. The molecule has 21 heavy (non-hydrogen) atoms. The van der Waals surface area contributed by atoms with E-state index in [1.54, 1.807) is 0 Å². The minimum atomic E-state index is 0.0390. The number of rotatable bonds is 11. The van der Waals surface area contributed by atoms with Crippen LogP contribution < -0.4 is 5.32 Å². The van der Waals surface area contributed by atoms with E-state index >= 15 is 0 Å². The second-order valence-corrected chi connectivity index (χ2v) is 6.42. The summed E-state index contributed by atoms with van der Waals surface area (Å²) >= 11 is 0. The Morgan fingerprint density at radius 3 is 2.29 bits per heavy atom. The van der Waals surface area contributed by atoms with E-state index < -0.39 is 0 Å². The summed E-state index contributed by atoms with van der Waals surface area (Å²) in [4.78, 5) is 11.8. The van der Waals surface area contributed by atoms with E-state index in [1.165, 1.54) is 44.9 Å². The van der Waals surface area contributed by atoms with Crippen molar-refractivity contribution < 1.29 is 4.79 Å². The van der Waals surface area contributed by atoms with Crippen molar-refractivity contribution in [3.63, 3.8) is 0 Å². The van der Waals surface area contributed by atoms with Crippen molar-refractivity contribution in [2.24, 2.45) is 5.92 Å². The van der Waals surface area contributed by atoms with E-state index in [9.17, 15) is 4.79 Å². The van der Waals surface area contributed by atoms with Crippen molar-refractivity contribution >= 4 is 5.91 Å². The summed E-state index contributed by atoms with van der Waals surface area (Å²) in [6.07, 6.45) is 15.1. The van der Waals surface area contributed by atoms with Crippen LogP contribution in [0.25, 0.3) is 0 Å². The molecule has 1 N–H and O–H groups in total. The van der Waals surface area contributed by atoms with Gasteiger partial charge in [0.15, 0.2) is 0 Å². The molecule has 0 heterocycles. The molecular formula is C18H32N2O. The van der Waals surface area contributed by atoms with Gasteiger partial charge >= 0.3 is 0 Å². The molecule has 1 saturated carbocycles. The molecule has 3 heteroatoms. The van der Waals surface area contributed by atoms with Gasteiger partial charge in [-0.1, -0.05) is 58.3 Å². The molecule has 0 aliphatic heterocycles. The van der Waals surface area contributed by atoms with E-state index in [2.05, 4.69) is 18.3 Å². The molecule has 2 atom stereocenters. The first-order valence-electron chi connectivity index (χ1n) is 8.97. The highest BCUT2D eigenvalue weighted by Crippen LogP contribution is 2.24. The van der Waals surface area contributed by atoms with Crippen molar-refractivity contribution in [1.29, 1.82) is 5.26 Å². The van der Waals surface area contributed by atoms with Gasteiger partial charge in [0, 0.05) is 12.5 Å². The summed E-state index contributed by atoms with van der Waals surface area (Å²) in [5.74, 6) is 0.183. The van der Waals surface area contributed by atoms with E-state index in [0.717, 1.165) is 32.1 Å². The molecule has 120 valence electrons. The van der Waals surface area contributed by atoms with Gasteiger partial charge in [0.05, 0.1) is 12.0 Å². The van der Waals surface area contributed by atoms with Gasteiger partial charge in [-0.25, -0.2) is 0 Å². The lowest BCUT2D eigenvalue weighted by atomic mass is 10.0. The minimum Gasteiger partial charge on any atom is -0.352 e. The van der Waals surface area contributed by atoms with Crippen LogP contribution in [-0.2, 0) is 4.79 Å². The van der Waals surface area contributed by atoms with Gasteiger partial charge in [-0.3, -0.25) is 4.79 Å². The predicted octanol–water partition coefficient (Wildman–Crippen LogP) is 4.72. The number of hydrogen-bond donors (Lipinski definition) is 1. The third-order valence-corrected chi connectivity index (χ3v) is 4.54. The quantitative estimate of drug-likeness (QED) is 0.560. The van der Waals surface area contributed by atoms with Gasteiger partial charge in [0.25, 0.3) is 0 Å². The maximum Gasteiger partial charge on any atom is 0.220 e. The van der Waals surface area contributed by atoms with Crippen LogP contribution >= 0.6 is 0 Å². The SMILES string of the molecule is CCCCCCCCCCCC(=O)NC1CCCC1C#N. The van der Waals surface area contributed by atoms with Crippen molar-refractivity contribution in [3.05, 3.63) is 0 Å². The van der Waals surface area contributed by atoms with E-state index in [1.807, 2.05) is 0 Å². The Morgan fingerprint density at radius 2 is 1.67 bits per heavy atom. The Kier molecular flexibility index (Phi) is 9.95. The number of carbonyl (C=O) groups is 1. The average molecular weight is 292 g/mol. The van der Waals surface area contributed by atoms with Crippen LogP contribution in [0.4, 0.5) is 0 Å². The molecule has 0 radical (unpaired) electrons. The summed E-state index contributed by atoms with van der Waals surface area (Å²) in [6.45, 7) is 2.25. The number of nitrogens with one attached hydrogen (secondary N) is 1. The maximum atomic E-state index is 11.8. The van der Waals surface area contributed by atoms with E-state index in [-0.39, 0.29) is 17.9 Å². The molecule has 0 saturated heterocycles. The first-order valence-corrected chi connectivity index (χ1v) is 8.97. The van der Waals surface area contributed by atoms with Gasteiger partial charge < -0.3 is 5.32 Å². The highest BCUT2D eigenvalue weighted by molar-refractivity contribution is 5.76. The van der Waals surface area contributed by atoms with Crippen LogP contribution in [0.15, 0.2) is 0 Å². The zero-order valence-corrected chi connectivity index (χ0v) is 13.7. The summed E-state index contributed by atoms with van der Waals surface area (Å²) < 4.78 is 0. The molecule has 0 bridgehead atoms. The Labute approximate surface area is 130 Å². The zero-order chi connectivity index (χ0) is 15.3. The molecule has 0 aromatic heterocycles. The summed E-state index contributed by atoms with van der Waals surface area (Å²) in [5, 5.41) is 12.0. The topological polar surface area (TPSA) is 52.9 Å². The molecular weight excluding hydrogens is 260 g/mol. The smallest absolute Gasteiger partial charge is 0.220 e. The molecule has 0 aromatic rings. The van der Waals surface area contributed by atoms with Crippen molar-refractivity contribution in [2.75, 3.05) is 0 Å². The molecule has 1 aliphatic rings. The zero-order valence-electron chi connectivity index (χ0n) is 13.7. The summed E-state index contributed by atoms with van der Waals surface area (Å²) in [7, 11) is 0. The van der Waals surface area contributed by atoms with Crippen molar-refractivity contribution in [1.82, 2.24) is 5.32 Å². The second-order valence-electron chi connectivity index (χ2n) is 6.42. The maximum absolute atomic E-state index is 11.8. The minimum absolute atomic E-state index is 0.0390. The first kappa shape index (κ1) is 18.0. The monoisotopic (exact) mass is 292 g/mol. The van der Waals surface area contributed by atoms with Crippen molar-refractivity contribution in [3.8, 4) is 6.07 Å². The standard InChI is InChI=1S/C18H32N2O/c1-2-3-4-5-6-7-8-9-10-14-18(21)20-17-13-11-12-16(17)15-19/h16-17H,2-14H2,1H3,(H,20,21). The van der Waals surface area contributed by atoms with Crippen LogP contribution in [0.2, 0.25) is 0 Å². The lowest BCUT2D eigenvalue weighted by molar-refractivity contribution is -0.122. The molecule has 1 rings (SSSR count). The normalized spacial score (nSPS) is 21.1. The lowest BCUT2D eigenvalue weighted by Crippen LogP contribution is -2.36. The van der Waals surface area contributed by atoms with Gasteiger partial charge in [0.1, 0.15) is 0 Å². The first-order chi connectivity index (χ1) is 10.3. The molecule has 1 aliphatic carbocycles. The fourth-order valence-corrected chi connectivity index (χ4v) is 3.16. The highest BCUT2D eigenvalue weighted by atomic mass is 16.1. The Morgan fingerprint density at radius 1 is 1.05 bits per heavy atom. The summed E-state index contributed by atoms with van der Waals surface area (Å²) in [6, 6.07) is 2.42. The number of amides is 1. The van der Waals surface area contributed by atoms with E-state index in [0.29, 0.717) is 6.42 Å². The van der Waals surface area contributed by atoms with Crippen molar-refractivity contribution in [2.45, 2.75) is 96.4 Å². The molecule has 0 aromatic carbocycles. The fraction of sp³-hybridized carbons (Fsp3) is 0.889. The van der Waals surface area contributed by atoms with Gasteiger partial charge in [-0.15, -0.1) is 0 Å². The lowest BCUT2D eigenvalue weighted by Gasteiger charge is -2.15. The number of hydrogen-bond acceptors (Lipinski definition) is 2. The second kappa shape index (κ2) is 11.6. The molecule has 1 amide bonds. The van der Waals surface area contributed by atoms with Crippen LogP contribution in [0, 0.1) is 17.2 Å². The third-order valence-electron chi connectivity index (χ3n) is 4.54. The fourth-order valence-electron chi connectivity index (χ4n) is 3.16. The number of carbonyl (C=O) groups excluding carboxylic acids is 1. The number of unbranched alkanes of at least 4 members (excludes halogenated alkanes) is 8. The number of nitriles is 1. The van der Waals surface area contributed by atoms with Gasteiger partial charge in [-0.2, -0.15) is 5.26 Å². The Hall–Kier alpha value is -1.04. The van der Waals surface area contributed by atoms with Crippen LogP contribution in [0.1, 0.15) is 90.4 Å². The van der Waals surface area contributed by atoms with Crippen LogP contribution in [0.5, 0.6) is 0 Å². The molecule has 3 nitrogen and oxygen atoms in total. The van der Waals surface area contributed by atoms with Crippen LogP contribution in [-0.4, -0.2) is 11.9 Å². The van der Waals surface area contributed by atoms with Crippen LogP contribution in [0.3, 0.4) is 0 Å². The third kappa shape index (κ3) is 8.09. The largest absolute Gasteiger partial charge is 0.352 e. The molecule has 0 spiro atoms. The van der Waals surface area contributed by atoms with Gasteiger partial charge in [0.2, 0.25) is 5.91 Å². The molecule has 2 unspecified atom stereocenters. The molecule has 1 fully saturated rings.